The van der Waals surface area contributed by atoms with Gasteiger partial charge in [-0.25, -0.2) is 9.59 Å². The van der Waals surface area contributed by atoms with E-state index >= 15 is 0 Å². The van der Waals surface area contributed by atoms with Crippen LogP contribution in [0.15, 0.2) is 22.7 Å². The zero-order chi connectivity index (χ0) is 17.6. The Hall–Kier alpha value is -1.76. The fourth-order valence-corrected chi connectivity index (χ4v) is 2.35. The van der Waals surface area contributed by atoms with Gasteiger partial charge in [-0.1, -0.05) is 6.07 Å². The summed E-state index contributed by atoms with van der Waals surface area (Å²) in [5.74, 6) is 0.0593. The quantitative estimate of drug-likeness (QED) is 0.781. The van der Waals surface area contributed by atoms with Crippen molar-refractivity contribution in [1.82, 2.24) is 5.32 Å². The van der Waals surface area contributed by atoms with Gasteiger partial charge in [-0.3, -0.25) is 0 Å². The topological polar surface area (TPSA) is 73.9 Å². The summed E-state index contributed by atoms with van der Waals surface area (Å²) in [6.45, 7) is 7.15. The molecule has 1 rings (SSSR count). The van der Waals surface area contributed by atoms with Gasteiger partial charge >= 0.3 is 12.1 Å². The number of ether oxygens (including phenoxy) is 3. The van der Waals surface area contributed by atoms with Crippen LogP contribution in [-0.4, -0.2) is 31.4 Å². The van der Waals surface area contributed by atoms with Crippen molar-refractivity contribution < 1.29 is 23.8 Å². The summed E-state index contributed by atoms with van der Waals surface area (Å²) < 4.78 is 16.1. The van der Waals surface area contributed by atoms with E-state index in [9.17, 15) is 9.59 Å². The Morgan fingerprint density at radius 1 is 1.30 bits per heavy atom. The van der Waals surface area contributed by atoms with Gasteiger partial charge in [-0.15, -0.1) is 0 Å². The number of esters is 1. The Balaban J connectivity index is 3.03. The van der Waals surface area contributed by atoms with E-state index in [4.69, 9.17) is 14.2 Å². The van der Waals surface area contributed by atoms with Gasteiger partial charge in [-0.05, 0) is 61.3 Å². The van der Waals surface area contributed by atoms with Gasteiger partial charge in [0.1, 0.15) is 11.4 Å². The highest BCUT2D eigenvalue weighted by Gasteiger charge is 2.27. The minimum atomic E-state index is -0.966. The Morgan fingerprint density at radius 3 is 2.43 bits per heavy atom. The molecule has 0 radical (unpaired) electrons. The molecule has 0 aromatic heterocycles. The molecule has 128 valence electrons. The Kier molecular flexibility index (Phi) is 6.87. The lowest BCUT2D eigenvalue weighted by Gasteiger charge is -2.23. The second-order valence-electron chi connectivity index (χ2n) is 5.73. The maximum absolute atomic E-state index is 12.2. The van der Waals surface area contributed by atoms with Crippen molar-refractivity contribution >= 4 is 28.0 Å². The van der Waals surface area contributed by atoms with Crippen LogP contribution in [0.2, 0.25) is 0 Å². The van der Waals surface area contributed by atoms with Crippen molar-refractivity contribution in [3.05, 3.63) is 28.2 Å². The fraction of sp³-hybridized carbons (Fsp3) is 0.500. The number of carbonyl (C=O) groups is 2. The molecule has 0 saturated heterocycles. The third-order valence-corrected chi connectivity index (χ3v) is 3.31. The van der Waals surface area contributed by atoms with Crippen LogP contribution < -0.4 is 10.1 Å². The number of amides is 1. The lowest BCUT2D eigenvalue weighted by Crippen LogP contribution is -2.38. The van der Waals surface area contributed by atoms with E-state index in [-0.39, 0.29) is 6.61 Å². The third kappa shape index (κ3) is 6.09. The lowest BCUT2D eigenvalue weighted by atomic mass is 10.1. The number of benzene rings is 1. The van der Waals surface area contributed by atoms with Crippen molar-refractivity contribution in [2.24, 2.45) is 0 Å². The molecule has 1 atom stereocenters. The molecule has 0 bridgehead atoms. The van der Waals surface area contributed by atoms with Crippen molar-refractivity contribution in [3.8, 4) is 5.75 Å². The maximum atomic E-state index is 12.2. The molecule has 1 amide bonds. The monoisotopic (exact) mass is 387 g/mol. The highest BCUT2D eigenvalue weighted by Crippen LogP contribution is 2.28. The van der Waals surface area contributed by atoms with Crippen LogP contribution in [0.5, 0.6) is 5.75 Å². The van der Waals surface area contributed by atoms with Crippen LogP contribution in [0.1, 0.15) is 39.3 Å². The predicted octanol–water partition coefficient (Wildman–Crippen LogP) is 3.59. The number of nitrogens with one attached hydrogen (secondary N) is 1. The molecule has 1 N–H and O–H groups in total. The molecule has 0 aliphatic heterocycles. The number of rotatable bonds is 5. The largest absolute Gasteiger partial charge is 0.496 e. The molecule has 0 aliphatic carbocycles. The molecule has 0 aliphatic rings. The second kappa shape index (κ2) is 8.19. The smallest absolute Gasteiger partial charge is 0.408 e. The van der Waals surface area contributed by atoms with Crippen molar-refractivity contribution in [2.45, 2.75) is 39.3 Å². The number of methoxy groups -OCH3 is 1. The van der Waals surface area contributed by atoms with E-state index in [2.05, 4.69) is 21.2 Å². The Bertz CT molecular complexity index is 568. The zero-order valence-electron chi connectivity index (χ0n) is 13.9. The van der Waals surface area contributed by atoms with Gasteiger partial charge in [0, 0.05) is 0 Å². The van der Waals surface area contributed by atoms with Crippen LogP contribution >= 0.6 is 15.9 Å². The Morgan fingerprint density at radius 2 is 1.96 bits per heavy atom. The van der Waals surface area contributed by atoms with Gasteiger partial charge in [0.25, 0.3) is 0 Å². The molecule has 0 heterocycles. The molecule has 7 heteroatoms. The summed E-state index contributed by atoms with van der Waals surface area (Å²) in [7, 11) is 1.54. The summed E-state index contributed by atoms with van der Waals surface area (Å²) in [6, 6.07) is 4.11. The molecule has 1 aromatic rings. The number of hydrogen-bond acceptors (Lipinski definition) is 5. The highest BCUT2D eigenvalue weighted by molar-refractivity contribution is 9.10. The highest BCUT2D eigenvalue weighted by atomic mass is 79.9. The molecule has 0 saturated carbocycles. The summed E-state index contributed by atoms with van der Waals surface area (Å²) >= 11 is 3.36. The molecule has 1 unspecified atom stereocenters. The van der Waals surface area contributed by atoms with Crippen LogP contribution in [0.3, 0.4) is 0 Å². The van der Waals surface area contributed by atoms with Gasteiger partial charge in [-0.2, -0.15) is 0 Å². The van der Waals surface area contributed by atoms with Crippen molar-refractivity contribution in [1.29, 1.82) is 0 Å². The van der Waals surface area contributed by atoms with Crippen molar-refractivity contribution in [3.63, 3.8) is 0 Å². The van der Waals surface area contributed by atoms with Crippen LogP contribution in [-0.2, 0) is 14.3 Å². The van der Waals surface area contributed by atoms with Crippen LogP contribution in [0.4, 0.5) is 4.79 Å². The normalized spacial score (nSPS) is 12.3. The van der Waals surface area contributed by atoms with Crippen LogP contribution in [0.25, 0.3) is 0 Å². The van der Waals surface area contributed by atoms with E-state index in [0.717, 1.165) is 0 Å². The zero-order valence-corrected chi connectivity index (χ0v) is 15.5. The molecule has 1 aromatic carbocycles. The summed E-state index contributed by atoms with van der Waals surface area (Å²) in [6.07, 6.45) is -0.692. The first-order valence-corrected chi connectivity index (χ1v) is 7.96. The summed E-state index contributed by atoms with van der Waals surface area (Å²) in [5.41, 5.74) is -0.106. The molecule has 0 spiro atoms. The molecule has 23 heavy (non-hydrogen) atoms. The molecule has 0 fully saturated rings. The summed E-state index contributed by atoms with van der Waals surface area (Å²) in [4.78, 5) is 24.2. The minimum absolute atomic E-state index is 0.211. The first-order valence-electron chi connectivity index (χ1n) is 7.17. The maximum Gasteiger partial charge on any atom is 0.408 e. The Labute approximate surface area is 144 Å². The fourth-order valence-electron chi connectivity index (χ4n) is 1.79. The molecular formula is C16H22BrNO5. The third-order valence-electron chi connectivity index (χ3n) is 2.69. The number of carbonyl (C=O) groups excluding carboxylic acids is 2. The van der Waals surface area contributed by atoms with Gasteiger partial charge in [0.05, 0.1) is 18.2 Å². The van der Waals surface area contributed by atoms with Gasteiger partial charge in [0.15, 0.2) is 6.04 Å². The predicted molar refractivity (Wildman–Crippen MR) is 89.4 cm³/mol. The number of alkyl carbamates (subject to hydrolysis) is 1. The first-order chi connectivity index (χ1) is 10.7. The number of halogens is 1. The summed E-state index contributed by atoms with van der Waals surface area (Å²) in [5, 5.41) is 2.54. The van der Waals surface area contributed by atoms with Crippen molar-refractivity contribution in [2.75, 3.05) is 13.7 Å². The van der Waals surface area contributed by atoms with E-state index in [1.54, 1.807) is 53.0 Å². The molecular weight excluding hydrogens is 366 g/mol. The van der Waals surface area contributed by atoms with E-state index in [1.807, 2.05) is 0 Å². The lowest BCUT2D eigenvalue weighted by molar-refractivity contribution is -0.145. The second-order valence-corrected chi connectivity index (χ2v) is 6.58. The van der Waals surface area contributed by atoms with E-state index < -0.39 is 23.7 Å². The van der Waals surface area contributed by atoms with Gasteiger partial charge in [0.2, 0.25) is 0 Å². The minimum Gasteiger partial charge on any atom is -0.496 e. The van der Waals surface area contributed by atoms with E-state index in [0.29, 0.717) is 15.8 Å². The van der Waals surface area contributed by atoms with Crippen LogP contribution in [0, 0.1) is 0 Å². The molecule has 6 nitrogen and oxygen atoms in total. The average Bonchev–Trinajstić information content (AvgIpc) is 2.43. The first kappa shape index (κ1) is 19.3. The standard InChI is InChI=1S/C16H22BrNO5/c1-6-22-14(19)13(18-15(20)23-16(2,3)4)10-7-8-12(21-5)11(17)9-10/h7-9,13H,6H2,1-5H3,(H,18,20). The average molecular weight is 388 g/mol. The van der Waals surface area contributed by atoms with Gasteiger partial charge < -0.3 is 19.5 Å². The van der Waals surface area contributed by atoms with E-state index in [1.165, 1.54) is 0 Å². The number of hydrogen-bond donors (Lipinski definition) is 1. The SMILES string of the molecule is CCOC(=O)C(NC(=O)OC(C)(C)C)c1ccc(OC)c(Br)c1.